The minimum atomic E-state index is -3.71. The Morgan fingerprint density at radius 3 is 2.48 bits per heavy atom. The summed E-state index contributed by atoms with van der Waals surface area (Å²) in [4.78, 5) is 16.6. The van der Waals surface area contributed by atoms with Gasteiger partial charge in [-0.25, -0.2) is 13.4 Å². The van der Waals surface area contributed by atoms with Crippen LogP contribution in [0.1, 0.15) is 29.6 Å². The second-order valence-electron chi connectivity index (χ2n) is 5.78. The fourth-order valence-electron chi connectivity index (χ4n) is 2.76. The number of rotatable bonds is 4. The van der Waals surface area contributed by atoms with Crippen LogP contribution in [0.2, 0.25) is 5.02 Å². The lowest BCUT2D eigenvalue weighted by atomic mass is 10.2. The summed E-state index contributed by atoms with van der Waals surface area (Å²) in [6.45, 7) is 0.966. The van der Waals surface area contributed by atoms with Crippen molar-refractivity contribution in [3.05, 3.63) is 53.2 Å². The SMILES string of the molecule is O=C(Nc1ccc(Cl)cn1)c1ccccc1S(=O)(=O)N1CCCCC1. The van der Waals surface area contributed by atoms with Gasteiger partial charge in [0.2, 0.25) is 10.0 Å². The average Bonchev–Trinajstić information content (AvgIpc) is 2.64. The van der Waals surface area contributed by atoms with Crippen molar-refractivity contribution < 1.29 is 13.2 Å². The zero-order valence-electron chi connectivity index (χ0n) is 13.5. The number of carbonyl (C=O) groups is 1. The van der Waals surface area contributed by atoms with Crippen LogP contribution in [0.4, 0.5) is 5.82 Å². The molecular formula is C17H18ClN3O3S. The summed E-state index contributed by atoms with van der Waals surface area (Å²) >= 11 is 5.78. The highest BCUT2D eigenvalue weighted by Gasteiger charge is 2.29. The summed E-state index contributed by atoms with van der Waals surface area (Å²) < 4.78 is 27.3. The van der Waals surface area contributed by atoms with Gasteiger partial charge in [0.05, 0.1) is 15.5 Å². The van der Waals surface area contributed by atoms with Crippen LogP contribution in [0.25, 0.3) is 0 Å². The molecule has 1 aliphatic heterocycles. The molecule has 1 aromatic carbocycles. The fraction of sp³-hybridized carbons (Fsp3) is 0.294. The number of sulfonamides is 1. The van der Waals surface area contributed by atoms with Gasteiger partial charge in [-0.1, -0.05) is 30.2 Å². The molecule has 1 N–H and O–H groups in total. The van der Waals surface area contributed by atoms with Crippen molar-refractivity contribution in [2.24, 2.45) is 0 Å². The lowest BCUT2D eigenvalue weighted by Crippen LogP contribution is -2.36. The number of pyridine rings is 1. The predicted octanol–water partition coefficient (Wildman–Crippen LogP) is 3.16. The van der Waals surface area contributed by atoms with Crippen molar-refractivity contribution in [1.82, 2.24) is 9.29 Å². The number of nitrogens with one attached hydrogen (secondary N) is 1. The van der Waals surface area contributed by atoms with Crippen LogP contribution in [0.15, 0.2) is 47.5 Å². The molecule has 0 spiro atoms. The summed E-state index contributed by atoms with van der Waals surface area (Å²) in [5, 5.41) is 3.06. The van der Waals surface area contributed by atoms with Crippen molar-refractivity contribution in [3.63, 3.8) is 0 Å². The molecule has 25 heavy (non-hydrogen) atoms. The molecule has 1 fully saturated rings. The van der Waals surface area contributed by atoms with Crippen molar-refractivity contribution in [2.45, 2.75) is 24.2 Å². The molecule has 0 unspecified atom stereocenters. The number of piperidine rings is 1. The minimum Gasteiger partial charge on any atom is -0.307 e. The van der Waals surface area contributed by atoms with Crippen LogP contribution in [0.3, 0.4) is 0 Å². The summed E-state index contributed by atoms with van der Waals surface area (Å²) in [5.41, 5.74) is 0.102. The van der Waals surface area contributed by atoms with Gasteiger partial charge in [-0.15, -0.1) is 0 Å². The topological polar surface area (TPSA) is 79.4 Å². The lowest BCUT2D eigenvalue weighted by molar-refractivity contribution is 0.102. The third-order valence-electron chi connectivity index (χ3n) is 4.03. The third kappa shape index (κ3) is 4.00. The largest absolute Gasteiger partial charge is 0.307 e. The van der Waals surface area contributed by atoms with Gasteiger partial charge in [0.15, 0.2) is 0 Å². The number of benzene rings is 1. The van der Waals surface area contributed by atoms with Crippen LogP contribution >= 0.6 is 11.6 Å². The highest BCUT2D eigenvalue weighted by Crippen LogP contribution is 2.24. The fourth-order valence-corrected chi connectivity index (χ4v) is 4.57. The number of anilines is 1. The van der Waals surface area contributed by atoms with Gasteiger partial charge in [0.1, 0.15) is 5.82 Å². The zero-order valence-corrected chi connectivity index (χ0v) is 15.1. The number of hydrogen-bond acceptors (Lipinski definition) is 4. The van der Waals surface area contributed by atoms with Gasteiger partial charge in [-0.3, -0.25) is 4.79 Å². The summed E-state index contributed by atoms with van der Waals surface area (Å²) in [7, 11) is -3.71. The van der Waals surface area contributed by atoms with Crippen molar-refractivity contribution in [1.29, 1.82) is 0 Å². The van der Waals surface area contributed by atoms with E-state index in [1.54, 1.807) is 24.3 Å². The Labute approximate surface area is 151 Å². The Morgan fingerprint density at radius 1 is 1.08 bits per heavy atom. The van der Waals surface area contributed by atoms with E-state index < -0.39 is 15.9 Å². The van der Waals surface area contributed by atoms with Crippen LogP contribution < -0.4 is 5.32 Å². The quantitative estimate of drug-likeness (QED) is 0.884. The molecule has 132 valence electrons. The molecule has 0 saturated carbocycles. The average molecular weight is 380 g/mol. The molecule has 0 radical (unpaired) electrons. The summed E-state index contributed by atoms with van der Waals surface area (Å²) in [6, 6.07) is 9.38. The standard InChI is InChI=1S/C17H18ClN3O3S/c18-13-8-9-16(19-12-13)20-17(22)14-6-2-3-7-15(14)25(23,24)21-10-4-1-5-11-21/h2-3,6-9,12H,1,4-5,10-11H2,(H,19,20,22). The first-order valence-electron chi connectivity index (χ1n) is 8.00. The Bertz CT molecular complexity index is 863. The van der Waals surface area contributed by atoms with Crippen molar-refractivity contribution in [2.75, 3.05) is 18.4 Å². The Morgan fingerprint density at radius 2 is 1.80 bits per heavy atom. The maximum absolute atomic E-state index is 12.9. The number of amides is 1. The van der Waals surface area contributed by atoms with E-state index in [1.807, 2.05) is 0 Å². The molecule has 1 aliphatic rings. The predicted molar refractivity (Wildman–Crippen MR) is 96.3 cm³/mol. The van der Waals surface area contributed by atoms with Gasteiger partial charge in [0.25, 0.3) is 5.91 Å². The maximum atomic E-state index is 12.9. The first kappa shape index (κ1) is 17.8. The van der Waals surface area contributed by atoms with Crippen LogP contribution in [0.5, 0.6) is 0 Å². The van der Waals surface area contributed by atoms with Gasteiger partial charge >= 0.3 is 0 Å². The van der Waals surface area contributed by atoms with E-state index in [4.69, 9.17) is 11.6 Å². The Balaban J connectivity index is 1.89. The third-order valence-corrected chi connectivity index (χ3v) is 6.21. The van der Waals surface area contributed by atoms with E-state index in [9.17, 15) is 13.2 Å². The monoisotopic (exact) mass is 379 g/mol. The Hall–Kier alpha value is -1.96. The number of halogens is 1. The highest BCUT2D eigenvalue weighted by atomic mass is 35.5. The molecule has 8 heteroatoms. The summed E-state index contributed by atoms with van der Waals surface area (Å²) in [5.74, 6) is -0.217. The van der Waals surface area contributed by atoms with E-state index in [0.717, 1.165) is 19.3 Å². The van der Waals surface area contributed by atoms with Crippen LogP contribution in [0, 0.1) is 0 Å². The number of carbonyl (C=O) groups excluding carboxylic acids is 1. The van der Waals surface area contributed by atoms with Gasteiger partial charge < -0.3 is 5.32 Å². The number of hydrogen-bond donors (Lipinski definition) is 1. The maximum Gasteiger partial charge on any atom is 0.258 e. The van der Waals surface area contributed by atoms with Crippen LogP contribution in [-0.2, 0) is 10.0 Å². The first-order valence-corrected chi connectivity index (χ1v) is 9.82. The van der Waals surface area contributed by atoms with E-state index in [2.05, 4.69) is 10.3 Å². The van der Waals surface area contributed by atoms with Crippen LogP contribution in [-0.4, -0.2) is 36.7 Å². The molecule has 6 nitrogen and oxygen atoms in total. The molecule has 3 rings (SSSR count). The van der Waals surface area contributed by atoms with Crippen molar-refractivity contribution >= 4 is 33.3 Å². The van der Waals surface area contributed by atoms with Gasteiger partial charge in [-0.2, -0.15) is 4.31 Å². The Kier molecular flexibility index (Phi) is 5.36. The normalized spacial score (nSPS) is 15.7. The highest BCUT2D eigenvalue weighted by molar-refractivity contribution is 7.89. The lowest BCUT2D eigenvalue weighted by Gasteiger charge is -2.26. The molecule has 2 aromatic rings. The molecule has 1 aromatic heterocycles. The minimum absolute atomic E-state index is 0.0170. The van der Waals surface area contributed by atoms with Crippen molar-refractivity contribution in [3.8, 4) is 0 Å². The molecule has 1 saturated heterocycles. The zero-order chi connectivity index (χ0) is 17.9. The van der Waals surface area contributed by atoms with Gasteiger partial charge in [-0.05, 0) is 37.1 Å². The first-order chi connectivity index (χ1) is 12.0. The molecule has 0 aliphatic carbocycles. The molecule has 0 atom stereocenters. The molecule has 1 amide bonds. The molecular weight excluding hydrogens is 362 g/mol. The van der Waals surface area contributed by atoms with E-state index in [-0.39, 0.29) is 10.5 Å². The molecule has 0 bridgehead atoms. The van der Waals surface area contributed by atoms with E-state index in [0.29, 0.717) is 23.9 Å². The smallest absolute Gasteiger partial charge is 0.258 e. The van der Waals surface area contributed by atoms with E-state index in [1.165, 1.54) is 22.6 Å². The summed E-state index contributed by atoms with van der Waals surface area (Å²) in [6.07, 6.45) is 4.11. The number of aromatic nitrogens is 1. The van der Waals surface area contributed by atoms with E-state index >= 15 is 0 Å². The second-order valence-corrected chi connectivity index (χ2v) is 8.12. The van der Waals surface area contributed by atoms with Gasteiger partial charge in [0, 0.05) is 19.3 Å². The second kappa shape index (κ2) is 7.51. The number of nitrogens with zero attached hydrogens (tertiary/aromatic N) is 2. The molecule has 2 heterocycles.